The molecule has 1 aliphatic carbocycles. The van der Waals surface area contributed by atoms with E-state index < -0.39 is 0 Å². The number of ether oxygens (including phenoxy) is 2. The number of fused-ring (bicyclic) bond motifs is 1. The molecule has 1 saturated carbocycles. The van der Waals surface area contributed by atoms with Gasteiger partial charge in [-0.05, 0) is 42.9 Å². The molecule has 3 nitrogen and oxygen atoms in total. The number of ketones is 1. The fraction of sp³-hybridized carbons (Fsp3) is 0.632. The van der Waals surface area contributed by atoms with Crippen LogP contribution in [-0.2, 0) is 4.79 Å². The van der Waals surface area contributed by atoms with E-state index in [1.807, 2.05) is 6.07 Å². The summed E-state index contributed by atoms with van der Waals surface area (Å²) >= 11 is 0. The summed E-state index contributed by atoms with van der Waals surface area (Å²) in [5, 5.41) is 0. The molecule has 0 saturated heterocycles. The quantitative estimate of drug-likeness (QED) is 0.705. The third-order valence-electron chi connectivity index (χ3n) is 5.04. The Kier molecular flexibility index (Phi) is 5.01. The van der Waals surface area contributed by atoms with Gasteiger partial charge in [-0.2, -0.15) is 0 Å². The zero-order valence-corrected chi connectivity index (χ0v) is 13.5. The van der Waals surface area contributed by atoms with Crippen molar-refractivity contribution in [3.63, 3.8) is 0 Å². The minimum Gasteiger partial charge on any atom is -0.454 e. The average Bonchev–Trinajstić information content (AvgIpc) is 3.00. The molecule has 0 aromatic heterocycles. The molecule has 0 spiro atoms. The van der Waals surface area contributed by atoms with Crippen molar-refractivity contribution in [3.05, 3.63) is 23.8 Å². The molecule has 0 radical (unpaired) electrons. The van der Waals surface area contributed by atoms with Gasteiger partial charge in [0, 0.05) is 12.3 Å². The van der Waals surface area contributed by atoms with Crippen LogP contribution >= 0.6 is 0 Å². The van der Waals surface area contributed by atoms with Gasteiger partial charge in [0.2, 0.25) is 6.79 Å². The van der Waals surface area contributed by atoms with Gasteiger partial charge in [-0.3, -0.25) is 4.79 Å². The number of unbranched alkanes of at least 4 members (excludes halogenated alkanes) is 3. The first-order chi connectivity index (χ1) is 10.8. The maximum Gasteiger partial charge on any atom is 0.231 e. The van der Waals surface area contributed by atoms with Crippen LogP contribution in [0.4, 0.5) is 0 Å². The molecule has 22 heavy (non-hydrogen) atoms. The fourth-order valence-corrected chi connectivity index (χ4v) is 3.68. The van der Waals surface area contributed by atoms with Crippen LogP contribution in [0.5, 0.6) is 11.5 Å². The molecule has 1 heterocycles. The number of rotatable bonds is 6. The summed E-state index contributed by atoms with van der Waals surface area (Å²) in [6.45, 7) is 2.55. The zero-order chi connectivity index (χ0) is 15.4. The van der Waals surface area contributed by atoms with E-state index in [2.05, 4.69) is 19.1 Å². The Morgan fingerprint density at radius 1 is 1.14 bits per heavy atom. The molecule has 0 amide bonds. The van der Waals surface area contributed by atoms with Gasteiger partial charge in [0.05, 0.1) is 0 Å². The van der Waals surface area contributed by atoms with Gasteiger partial charge in [0.15, 0.2) is 11.5 Å². The Hall–Kier alpha value is -1.51. The number of hydrogen-bond acceptors (Lipinski definition) is 3. The van der Waals surface area contributed by atoms with Gasteiger partial charge >= 0.3 is 0 Å². The maximum absolute atomic E-state index is 12.2. The summed E-state index contributed by atoms with van der Waals surface area (Å²) < 4.78 is 10.9. The van der Waals surface area contributed by atoms with E-state index in [1.165, 1.54) is 31.2 Å². The predicted octanol–water partition coefficient (Wildman–Crippen LogP) is 4.84. The highest BCUT2D eigenvalue weighted by molar-refractivity contribution is 5.82. The molecular formula is C19H26O3. The van der Waals surface area contributed by atoms with Crippen LogP contribution < -0.4 is 9.47 Å². The first kappa shape index (κ1) is 15.4. The van der Waals surface area contributed by atoms with Crippen LogP contribution in [0.2, 0.25) is 0 Å². The van der Waals surface area contributed by atoms with Gasteiger partial charge < -0.3 is 9.47 Å². The molecule has 3 rings (SSSR count). The Labute approximate surface area is 133 Å². The highest BCUT2D eigenvalue weighted by Gasteiger charge is 2.29. The van der Waals surface area contributed by atoms with Crippen molar-refractivity contribution >= 4 is 5.78 Å². The Balaban J connectivity index is 1.61. The smallest absolute Gasteiger partial charge is 0.231 e. The van der Waals surface area contributed by atoms with Crippen LogP contribution in [0, 0.1) is 5.92 Å². The standard InChI is InChI=1S/C19H26O3/c1-2-3-4-5-6-16-11-14(7-9-17(16)20)15-8-10-18-19(12-15)22-13-21-18/h8,10,12,14,16H,2-7,9,11,13H2,1H3. The minimum absolute atomic E-state index is 0.265. The molecule has 120 valence electrons. The summed E-state index contributed by atoms with van der Waals surface area (Å²) in [6.07, 6.45) is 8.77. The third kappa shape index (κ3) is 3.45. The van der Waals surface area contributed by atoms with Crippen LogP contribution in [0.3, 0.4) is 0 Å². The second-order valence-corrected chi connectivity index (χ2v) is 6.60. The topological polar surface area (TPSA) is 35.5 Å². The lowest BCUT2D eigenvalue weighted by Gasteiger charge is -2.28. The van der Waals surface area contributed by atoms with Gasteiger partial charge in [-0.25, -0.2) is 0 Å². The highest BCUT2D eigenvalue weighted by atomic mass is 16.7. The summed E-state index contributed by atoms with van der Waals surface area (Å²) in [7, 11) is 0. The minimum atomic E-state index is 0.265. The molecule has 1 aliphatic heterocycles. The second-order valence-electron chi connectivity index (χ2n) is 6.60. The molecule has 0 N–H and O–H groups in total. The van der Waals surface area contributed by atoms with E-state index in [4.69, 9.17) is 9.47 Å². The molecule has 1 aromatic carbocycles. The lowest BCUT2D eigenvalue weighted by molar-refractivity contribution is -0.125. The van der Waals surface area contributed by atoms with Crippen LogP contribution in [0.15, 0.2) is 18.2 Å². The van der Waals surface area contributed by atoms with Crippen molar-refractivity contribution in [2.24, 2.45) is 5.92 Å². The summed E-state index contributed by atoms with van der Waals surface area (Å²) in [5.41, 5.74) is 1.30. The summed E-state index contributed by atoms with van der Waals surface area (Å²) in [6, 6.07) is 6.25. The van der Waals surface area contributed by atoms with E-state index in [0.717, 1.165) is 37.2 Å². The van der Waals surface area contributed by atoms with Crippen molar-refractivity contribution < 1.29 is 14.3 Å². The predicted molar refractivity (Wildman–Crippen MR) is 86.4 cm³/mol. The van der Waals surface area contributed by atoms with Gasteiger partial charge in [-0.1, -0.05) is 38.7 Å². The van der Waals surface area contributed by atoms with Crippen LogP contribution in [0.25, 0.3) is 0 Å². The van der Waals surface area contributed by atoms with Crippen molar-refractivity contribution in [2.45, 2.75) is 64.2 Å². The van der Waals surface area contributed by atoms with Crippen molar-refractivity contribution in [1.82, 2.24) is 0 Å². The number of carbonyl (C=O) groups excluding carboxylic acids is 1. The Bertz CT molecular complexity index is 523. The lowest BCUT2D eigenvalue weighted by Crippen LogP contribution is -2.24. The number of hydrogen-bond donors (Lipinski definition) is 0. The Morgan fingerprint density at radius 3 is 2.86 bits per heavy atom. The number of carbonyl (C=O) groups is 1. The zero-order valence-electron chi connectivity index (χ0n) is 13.5. The third-order valence-corrected chi connectivity index (χ3v) is 5.04. The van der Waals surface area contributed by atoms with Gasteiger partial charge in [-0.15, -0.1) is 0 Å². The van der Waals surface area contributed by atoms with E-state index in [0.29, 0.717) is 18.5 Å². The fourth-order valence-electron chi connectivity index (χ4n) is 3.68. The largest absolute Gasteiger partial charge is 0.454 e. The molecular weight excluding hydrogens is 276 g/mol. The van der Waals surface area contributed by atoms with E-state index in [9.17, 15) is 4.79 Å². The van der Waals surface area contributed by atoms with Crippen molar-refractivity contribution in [1.29, 1.82) is 0 Å². The van der Waals surface area contributed by atoms with E-state index in [1.54, 1.807) is 0 Å². The van der Waals surface area contributed by atoms with Crippen molar-refractivity contribution in [3.8, 4) is 11.5 Å². The molecule has 2 atom stereocenters. The van der Waals surface area contributed by atoms with Crippen LogP contribution in [-0.4, -0.2) is 12.6 Å². The first-order valence-electron chi connectivity index (χ1n) is 8.70. The monoisotopic (exact) mass is 302 g/mol. The highest BCUT2D eigenvalue weighted by Crippen LogP contribution is 2.40. The van der Waals surface area contributed by atoms with Gasteiger partial charge in [0.1, 0.15) is 5.78 Å². The normalized spacial score (nSPS) is 23.8. The number of Topliss-reactive ketones (excluding diaryl/α,β-unsaturated/α-hetero) is 1. The maximum atomic E-state index is 12.2. The van der Waals surface area contributed by atoms with Gasteiger partial charge in [0.25, 0.3) is 0 Å². The molecule has 1 aromatic rings. The van der Waals surface area contributed by atoms with E-state index in [-0.39, 0.29) is 5.92 Å². The first-order valence-corrected chi connectivity index (χ1v) is 8.70. The molecule has 0 bridgehead atoms. The average molecular weight is 302 g/mol. The number of benzene rings is 1. The van der Waals surface area contributed by atoms with Crippen molar-refractivity contribution in [2.75, 3.05) is 6.79 Å². The van der Waals surface area contributed by atoms with Crippen LogP contribution in [0.1, 0.15) is 69.8 Å². The SMILES string of the molecule is CCCCCCC1CC(c2ccc3c(c2)OCO3)CCC1=O. The van der Waals surface area contributed by atoms with E-state index >= 15 is 0 Å². The molecule has 2 unspecified atom stereocenters. The molecule has 1 fully saturated rings. The summed E-state index contributed by atoms with van der Waals surface area (Å²) in [4.78, 5) is 12.2. The summed E-state index contributed by atoms with van der Waals surface area (Å²) in [5.74, 6) is 2.93. The second kappa shape index (κ2) is 7.17. The molecule has 2 aliphatic rings. The molecule has 3 heteroatoms. The lowest BCUT2D eigenvalue weighted by atomic mass is 9.75. The Morgan fingerprint density at radius 2 is 2.00 bits per heavy atom.